The van der Waals surface area contributed by atoms with E-state index in [1.165, 1.54) is 25.6 Å². The van der Waals surface area contributed by atoms with Gasteiger partial charge in [0.15, 0.2) is 11.5 Å². The largest absolute Gasteiger partial charge is 0.493 e. The molecule has 0 aliphatic carbocycles. The lowest BCUT2D eigenvalue weighted by molar-refractivity contribution is 0.102. The second-order valence-electron chi connectivity index (χ2n) is 4.51. The summed E-state index contributed by atoms with van der Waals surface area (Å²) in [6, 6.07) is 8.74. The number of ether oxygens (including phenoxy) is 2. The molecular weight excluding hydrogens is 398 g/mol. The van der Waals surface area contributed by atoms with E-state index in [0.29, 0.717) is 23.0 Å². The molecule has 0 unspecified atom stereocenters. The van der Waals surface area contributed by atoms with Crippen molar-refractivity contribution < 1.29 is 18.7 Å². The first-order chi connectivity index (χ1) is 11.6. The predicted octanol–water partition coefficient (Wildman–Crippen LogP) is 3.83. The van der Waals surface area contributed by atoms with Crippen LogP contribution < -0.4 is 14.8 Å². The highest BCUT2D eigenvalue weighted by molar-refractivity contribution is 9.11. The summed E-state index contributed by atoms with van der Waals surface area (Å²) in [5.41, 5.74) is 0.301. The fourth-order valence-corrected chi connectivity index (χ4v) is 3.34. The van der Waals surface area contributed by atoms with Gasteiger partial charge < -0.3 is 13.9 Å². The van der Waals surface area contributed by atoms with Crippen LogP contribution in [-0.4, -0.2) is 30.3 Å². The van der Waals surface area contributed by atoms with E-state index >= 15 is 0 Å². The molecular formula is C15H12BrN3O4S. The van der Waals surface area contributed by atoms with Crippen molar-refractivity contribution >= 4 is 39.2 Å². The third-order valence-electron chi connectivity index (χ3n) is 3.08. The van der Waals surface area contributed by atoms with Crippen molar-refractivity contribution in [2.24, 2.45) is 0 Å². The number of aromatic nitrogens is 2. The molecule has 1 amide bonds. The Morgan fingerprint density at radius 2 is 2.04 bits per heavy atom. The topological polar surface area (TPSA) is 86.5 Å². The molecule has 7 nitrogen and oxygen atoms in total. The molecule has 9 heteroatoms. The van der Waals surface area contributed by atoms with Crippen LogP contribution in [0.2, 0.25) is 0 Å². The number of thiophene rings is 1. The number of carbonyl (C=O) groups excluding carboxylic acids is 1. The highest BCUT2D eigenvalue weighted by Crippen LogP contribution is 2.32. The molecule has 3 rings (SSSR count). The molecule has 1 N–H and O–H groups in total. The Kier molecular flexibility index (Phi) is 4.81. The monoisotopic (exact) mass is 409 g/mol. The zero-order valence-corrected chi connectivity index (χ0v) is 15.1. The average Bonchev–Trinajstić information content (AvgIpc) is 3.22. The van der Waals surface area contributed by atoms with Crippen LogP contribution in [0.1, 0.15) is 10.4 Å². The van der Waals surface area contributed by atoms with Gasteiger partial charge in [-0.15, -0.1) is 16.4 Å². The minimum atomic E-state index is -0.437. The summed E-state index contributed by atoms with van der Waals surface area (Å²) in [6.45, 7) is 0. The zero-order chi connectivity index (χ0) is 17.1. The van der Waals surface area contributed by atoms with Gasteiger partial charge in [0.1, 0.15) is 0 Å². The van der Waals surface area contributed by atoms with E-state index in [1.54, 1.807) is 18.2 Å². The Balaban J connectivity index is 1.82. The summed E-state index contributed by atoms with van der Waals surface area (Å²) in [5, 5.41) is 10.3. The van der Waals surface area contributed by atoms with Crippen LogP contribution >= 0.6 is 27.3 Å². The highest BCUT2D eigenvalue weighted by atomic mass is 79.9. The molecule has 0 radical (unpaired) electrons. The number of nitrogens with zero attached hydrogens (tertiary/aromatic N) is 2. The second kappa shape index (κ2) is 7.02. The van der Waals surface area contributed by atoms with Crippen LogP contribution in [0.25, 0.3) is 10.8 Å². The maximum absolute atomic E-state index is 12.4. The molecule has 0 aliphatic rings. The Morgan fingerprint density at radius 3 is 2.71 bits per heavy atom. The molecule has 0 saturated carbocycles. The number of carbonyl (C=O) groups is 1. The minimum Gasteiger partial charge on any atom is -0.493 e. The summed E-state index contributed by atoms with van der Waals surface area (Å²) in [5.74, 6) is 0.686. The van der Waals surface area contributed by atoms with E-state index in [0.717, 1.165) is 8.66 Å². The van der Waals surface area contributed by atoms with Gasteiger partial charge in [-0.1, -0.05) is 11.2 Å². The normalized spacial score (nSPS) is 10.5. The lowest BCUT2D eigenvalue weighted by Crippen LogP contribution is -2.13. The fraction of sp³-hybridized carbons (Fsp3) is 0.133. The van der Waals surface area contributed by atoms with Gasteiger partial charge in [-0.3, -0.25) is 10.1 Å². The van der Waals surface area contributed by atoms with E-state index in [9.17, 15) is 4.79 Å². The fourth-order valence-electron chi connectivity index (χ4n) is 2.03. The SMILES string of the molecule is COc1cccc(C(=O)Nc2nnc(-c3ccc(Br)s3)o2)c1OC. The first-order valence-electron chi connectivity index (χ1n) is 6.74. The average molecular weight is 410 g/mol. The Labute approximate surface area is 149 Å². The second-order valence-corrected chi connectivity index (χ2v) is 6.97. The van der Waals surface area contributed by atoms with Crippen LogP contribution in [0.5, 0.6) is 11.5 Å². The number of halogens is 1. The molecule has 0 aliphatic heterocycles. The van der Waals surface area contributed by atoms with Crippen LogP contribution in [0.15, 0.2) is 38.5 Å². The zero-order valence-electron chi connectivity index (χ0n) is 12.7. The van der Waals surface area contributed by atoms with E-state index in [2.05, 4.69) is 31.4 Å². The van der Waals surface area contributed by atoms with Crippen LogP contribution in [0.3, 0.4) is 0 Å². The number of hydrogen-bond donors (Lipinski definition) is 1. The standard InChI is InChI=1S/C15H12BrN3O4S/c1-21-9-5-3-4-8(12(9)22-2)13(20)17-15-19-18-14(23-15)10-6-7-11(16)24-10/h3-7H,1-2H3,(H,17,19,20). The maximum atomic E-state index is 12.4. The van der Waals surface area contributed by atoms with E-state index in [-0.39, 0.29) is 6.01 Å². The van der Waals surface area contributed by atoms with Crippen molar-refractivity contribution in [3.05, 3.63) is 39.7 Å². The maximum Gasteiger partial charge on any atom is 0.322 e. The first-order valence-corrected chi connectivity index (χ1v) is 8.35. The summed E-state index contributed by atoms with van der Waals surface area (Å²) in [7, 11) is 2.97. The quantitative estimate of drug-likeness (QED) is 0.688. The molecule has 124 valence electrons. The number of anilines is 1. The molecule has 24 heavy (non-hydrogen) atoms. The molecule has 3 aromatic rings. The van der Waals surface area contributed by atoms with Gasteiger partial charge in [0.05, 0.1) is 28.4 Å². The molecule has 0 spiro atoms. The molecule has 2 aromatic heterocycles. The Bertz CT molecular complexity index is 877. The summed E-state index contributed by atoms with van der Waals surface area (Å²) in [6.07, 6.45) is 0. The lowest BCUT2D eigenvalue weighted by atomic mass is 10.1. The molecule has 0 bridgehead atoms. The van der Waals surface area contributed by atoms with Crippen LogP contribution in [-0.2, 0) is 0 Å². The van der Waals surface area contributed by atoms with Crippen LogP contribution in [0.4, 0.5) is 6.01 Å². The highest BCUT2D eigenvalue weighted by Gasteiger charge is 2.19. The summed E-state index contributed by atoms with van der Waals surface area (Å²) >= 11 is 4.82. The molecule has 1 aromatic carbocycles. The van der Waals surface area contributed by atoms with Crippen molar-refractivity contribution in [3.63, 3.8) is 0 Å². The predicted molar refractivity (Wildman–Crippen MR) is 92.8 cm³/mol. The van der Waals surface area contributed by atoms with E-state index in [1.807, 2.05) is 12.1 Å². The van der Waals surface area contributed by atoms with Crippen molar-refractivity contribution in [1.29, 1.82) is 0 Å². The third-order valence-corrected chi connectivity index (χ3v) is 4.69. The summed E-state index contributed by atoms with van der Waals surface area (Å²) < 4.78 is 16.8. The number of rotatable bonds is 5. The number of benzene rings is 1. The molecule has 0 atom stereocenters. The Hall–Kier alpha value is -2.39. The molecule has 2 heterocycles. The minimum absolute atomic E-state index is 0.00407. The van der Waals surface area contributed by atoms with Gasteiger partial charge in [-0.25, -0.2) is 0 Å². The van der Waals surface area contributed by atoms with Gasteiger partial charge in [0.25, 0.3) is 11.8 Å². The molecule has 0 fully saturated rings. The van der Waals surface area contributed by atoms with E-state index < -0.39 is 5.91 Å². The molecule has 0 saturated heterocycles. The van der Waals surface area contributed by atoms with Gasteiger partial charge in [0.2, 0.25) is 0 Å². The van der Waals surface area contributed by atoms with Crippen molar-refractivity contribution in [2.75, 3.05) is 19.5 Å². The van der Waals surface area contributed by atoms with Gasteiger partial charge in [-0.05, 0) is 40.2 Å². The Morgan fingerprint density at radius 1 is 1.21 bits per heavy atom. The van der Waals surface area contributed by atoms with Crippen LogP contribution in [0, 0.1) is 0 Å². The lowest BCUT2D eigenvalue weighted by Gasteiger charge is -2.11. The number of amides is 1. The van der Waals surface area contributed by atoms with Gasteiger partial charge in [-0.2, -0.15) is 0 Å². The van der Waals surface area contributed by atoms with Crippen molar-refractivity contribution in [2.45, 2.75) is 0 Å². The van der Waals surface area contributed by atoms with E-state index in [4.69, 9.17) is 13.9 Å². The number of para-hydroxylation sites is 1. The third kappa shape index (κ3) is 3.26. The number of nitrogens with one attached hydrogen (secondary N) is 1. The first kappa shape index (κ1) is 16.5. The van der Waals surface area contributed by atoms with Crippen molar-refractivity contribution in [3.8, 4) is 22.3 Å². The van der Waals surface area contributed by atoms with Gasteiger partial charge >= 0.3 is 6.01 Å². The van der Waals surface area contributed by atoms with Crippen molar-refractivity contribution in [1.82, 2.24) is 10.2 Å². The van der Waals surface area contributed by atoms with Gasteiger partial charge in [0, 0.05) is 0 Å². The number of hydrogen-bond acceptors (Lipinski definition) is 7. The summed E-state index contributed by atoms with van der Waals surface area (Å²) in [4.78, 5) is 13.2. The number of methoxy groups -OCH3 is 2. The smallest absolute Gasteiger partial charge is 0.322 e.